The Morgan fingerprint density at radius 1 is 1.04 bits per heavy atom. The molecule has 2 N–H and O–H groups in total. The van der Waals surface area contributed by atoms with Crippen molar-refractivity contribution in [3.8, 4) is 0 Å². The van der Waals surface area contributed by atoms with Gasteiger partial charge in [0.2, 0.25) is 0 Å². The SMILES string of the molecule is CN=C(NCc1ccc(Cl)cc1)NC1CCN(Cc2ccccc2)CC1. The average Bonchev–Trinajstić information content (AvgIpc) is 2.68. The molecule has 26 heavy (non-hydrogen) atoms. The molecule has 0 saturated carbocycles. The second-order valence-electron chi connectivity index (χ2n) is 6.73. The Hall–Kier alpha value is -2.04. The number of guanidine groups is 1. The van der Waals surface area contributed by atoms with Crippen molar-refractivity contribution in [1.29, 1.82) is 0 Å². The first kappa shape index (κ1) is 18.7. The van der Waals surface area contributed by atoms with Crippen molar-refractivity contribution >= 4 is 17.6 Å². The molecular formula is C21H27ClN4. The third-order valence-electron chi connectivity index (χ3n) is 4.77. The molecule has 0 atom stereocenters. The summed E-state index contributed by atoms with van der Waals surface area (Å²) in [5, 5.41) is 7.71. The summed E-state index contributed by atoms with van der Waals surface area (Å²) in [5.74, 6) is 0.862. The van der Waals surface area contributed by atoms with Gasteiger partial charge in [-0.05, 0) is 36.1 Å². The first-order valence-corrected chi connectivity index (χ1v) is 9.58. The fourth-order valence-corrected chi connectivity index (χ4v) is 3.38. The second kappa shape index (κ2) is 9.60. The van der Waals surface area contributed by atoms with Crippen LogP contribution in [-0.4, -0.2) is 37.0 Å². The molecule has 2 aromatic carbocycles. The van der Waals surface area contributed by atoms with Gasteiger partial charge in [0.05, 0.1) is 0 Å². The molecule has 0 unspecified atom stereocenters. The normalized spacial score (nSPS) is 16.5. The molecule has 0 spiro atoms. The maximum Gasteiger partial charge on any atom is 0.191 e. The molecule has 0 amide bonds. The number of likely N-dealkylation sites (tertiary alicyclic amines) is 1. The molecule has 5 heteroatoms. The van der Waals surface area contributed by atoms with E-state index in [0.717, 1.165) is 50.0 Å². The van der Waals surface area contributed by atoms with Crippen molar-refractivity contribution in [2.45, 2.75) is 32.0 Å². The van der Waals surface area contributed by atoms with Crippen LogP contribution in [0.5, 0.6) is 0 Å². The largest absolute Gasteiger partial charge is 0.354 e. The summed E-state index contributed by atoms with van der Waals surface area (Å²) in [6, 6.07) is 19.1. The van der Waals surface area contributed by atoms with Gasteiger partial charge in [-0.25, -0.2) is 0 Å². The summed E-state index contributed by atoms with van der Waals surface area (Å²) in [6.07, 6.45) is 2.27. The van der Waals surface area contributed by atoms with Crippen LogP contribution in [0.2, 0.25) is 5.02 Å². The zero-order valence-electron chi connectivity index (χ0n) is 15.3. The molecule has 3 rings (SSSR count). The third kappa shape index (κ3) is 5.75. The van der Waals surface area contributed by atoms with E-state index in [9.17, 15) is 0 Å². The van der Waals surface area contributed by atoms with Crippen LogP contribution in [0.3, 0.4) is 0 Å². The van der Waals surface area contributed by atoms with Gasteiger partial charge >= 0.3 is 0 Å². The van der Waals surface area contributed by atoms with Gasteiger partial charge in [-0.15, -0.1) is 0 Å². The van der Waals surface area contributed by atoms with Crippen LogP contribution in [0.4, 0.5) is 0 Å². The van der Waals surface area contributed by atoms with E-state index in [2.05, 4.69) is 50.9 Å². The molecule has 0 aromatic heterocycles. The highest BCUT2D eigenvalue weighted by molar-refractivity contribution is 6.30. The number of nitrogens with zero attached hydrogens (tertiary/aromatic N) is 2. The maximum absolute atomic E-state index is 5.93. The molecule has 1 heterocycles. The van der Waals surface area contributed by atoms with Crippen molar-refractivity contribution in [2.24, 2.45) is 4.99 Å². The van der Waals surface area contributed by atoms with Crippen molar-refractivity contribution in [3.63, 3.8) is 0 Å². The van der Waals surface area contributed by atoms with Gasteiger partial charge in [-0.1, -0.05) is 54.1 Å². The number of nitrogens with one attached hydrogen (secondary N) is 2. The summed E-state index contributed by atoms with van der Waals surface area (Å²) in [5.41, 5.74) is 2.58. The van der Waals surface area contributed by atoms with E-state index in [1.807, 2.05) is 31.3 Å². The second-order valence-corrected chi connectivity index (χ2v) is 7.17. The van der Waals surface area contributed by atoms with Crippen molar-refractivity contribution in [1.82, 2.24) is 15.5 Å². The highest BCUT2D eigenvalue weighted by Crippen LogP contribution is 2.14. The van der Waals surface area contributed by atoms with Gasteiger partial charge in [-0.2, -0.15) is 0 Å². The number of rotatable bonds is 5. The lowest BCUT2D eigenvalue weighted by Gasteiger charge is -2.33. The number of halogens is 1. The Morgan fingerprint density at radius 2 is 1.73 bits per heavy atom. The van der Waals surface area contributed by atoms with E-state index in [1.54, 1.807) is 0 Å². The lowest BCUT2D eigenvalue weighted by Crippen LogP contribution is -2.48. The van der Waals surface area contributed by atoms with Crippen molar-refractivity contribution < 1.29 is 0 Å². The molecular weight excluding hydrogens is 344 g/mol. The van der Waals surface area contributed by atoms with Gasteiger partial charge in [-0.3, -0.25) is 9.89 Å². The van der Waals surface area contributed by atoms with E-state index in [1.165, 1.54) is 11.1 Å². The van der Waals surface area contributed by atoms with Gasteiger partial charge in [0.25, 0.3) is 0 Å². The Bertz CT molecular complexity index is 692. The average molecular weight is 371 g/mol. The van der Waals surface area contributed by atoms with Gasteiger partial charge in [0.1, 0.15) is 0 Å². The molecule has 1 fully saturated rings. The smallest absolute Gasteiger partial charge is 0.191 e. The van der Waals surface area contributed by atoms with Crippen LogP contribution < -0.4 is 10.6 Å². The van der Waals surface area contributed by atoms with E-state index in [4.69, 9.17) is 11.6 Å². The predicted molar refractivity (Wildman–Crippen MR) is 110 cm³/mol. The highest BCUT2D eigenvalue weighted by atomic mass is 35.5. The van der Waals surface area contributed by atoms with Crippen LogP contribution >= 0.6 is 11.6 Å². The molecule has 0 radical (unpaired) electrons. The van der Waals surface area contributed by atoms with Crippen LogP contribution in [0.25, 0.3) is 0 Å². The standard InChI is InChI=1S/C21H27ClN4/c1-23-21(24-15-17-7-9-19(22)10-8-17)25-20-11-13-26(14-12-20)16-18-5-3-2-4-6-18/h2-10,20H,11-16H2,1H3,(H2,23,24,25). The summed E-state index contributed by atoms with van der Waals surface area (Å²) < 4.78 is 0. The highest BCUT2D eigenvalue weighted by Gasteiger charge is 2.19. The van der Waals surface area contributed by atoms with E-state index >= 15 is 0 Å². The Balaban J connectivity index is 1.41. The maximum atomic E-state index is 5.93. The molecule has 1 aliphatic rings. The minimum absolute atomic E-state index is 0.471. The fraction of sp³-hybridized carbons (Fsp3) is 0.381. The van der Waals surface area contributed by atoms with Gasteiger partial charge < -0.3 is 10.6 Å². The van der Waals surface area contributed by atoms with Crippen molar-refractivity contribution in [2.75, 3.05) is 20.1 Å². The molecule has 1 saturated heterocycles. The minimum Gasteiger partial charge on any atom is -0.354 e. The molecule has 0 bridgehead atoms. The number of hydrogen-bond donors (Lipinski definition) is 2. The lowest BCUT2D eigenvalue weighted by molar-refractivity contribution is 0.198. The number of benzene rings is 2. The number of aliphatic imine (C=N–C) groups is 1. The van der Waals surface area contributed by atoms with Crippen LogP contribution in [0, 0.1) is 0 Å². The van der Waals surface area contributed by atoms with Gasteiger partial charge in [0, 0.05) is 44.3 Å². The monoisotopic (exact) mass is 370 g/mol. The molecule has 0 aliphatic carbocycles. The third-order valence-corrected chi connectivity index (χ3v) is 5.03. The number of piperidine rings is 1. The van der Waals surface area contributed by atoms with Crippen LogP contribution in [-0.2, 0) is 13.1 Å². The summed E-state index contributed by atoms with van der Waals surface area (Å²) in [6.45, 7) is 4.00. The first-order valence-electron chi connectivity index (χ1n) is 9.21. The van der Waals surface area contributed by atoms with Crippen LogP contribution in [0.1, 0.15) is 24.0 Å². The summed E-state index contributed by atoms with van der Waals surface area (Å²) >= 11 is 5.93. The topological polar surface area (TPSA) is 39.7 Å². The number of hydrogen-bond acceptors (Lipinski definition) is 2. The van der Waals surface area contributed by atoms with Crippen LogP contribution in [0.15, 0.2) is 59.6 Å². The summed E-state index contributed by atoms with van der Waals surface area (Å²) in [4.78, 5) is 6.88. The molecule has 138 valence electrons. The summed E-state index contributed by atoms with van der Waals surface area (Å²) in [7, 11) is 1.82. The predicted octanol–water partition coefficient (Wildman–Crippen LogP) is 3.67. The lowest BCUT2D eigenvalue weighted by atomic mass is 10.0. The minimum atomic E-state index is 0.471. The van der Waals surface area contributed by atoms with Gasteiger partial charge in [0.15, 0.2) is 5.96 Å². The Morgan fingerprint density at radius 3 is 2.38 bits per heavy atom. The molecule has 2 aromatic rings. The fourth-order valence-electron chi connectivity index (χ4n) is 3.25. The first-order chi connectivity index (χ1) is 12.7. The Kier molecular flexibility index (Phi) is 6.92. The van der Waals surface area contributed by atoms with Crippen molar-refractivity contribution in [3.05, 3.63) is 70.7 Å². The van der Waals surface area contributed by atoms with E-state index in [0.29, 0.717) is 6.04 Å². The zero-order valence-corrected chi connectivity index (χ0v) is 16.0. The molecule has 4 nitrogen and oxygen atoms in total. The zero-order chi connectivity index (χ0) is 18.2. The molecule has 1 aliphatic heterocycles. The van der Waals surface area contributed by atoms with E-state index in [-0.39, 0.29) is 0 Å². The quantitative estimate of drug-likeness (QED) is 0.623. The Labute approximate surface area is 161 Å². The van der Waals surface area contributed by atoms with E-state index < -0.39 is 0 Å².